The predicted octanol–water partition coefficient (Wildman–Crippen LogP) is 3.98. The number of aryl methyl sites for hydroxylation is 3. The molecule has 0 aromatic heterocycles. The zero-order valence-corrected chi connectivity index (χ0v) is 15.4. The third-order valence-electron chi connectivity index (χ3n) is 4.89. The fourth-order valence-electron chi connectivity index (χ4n) is 3.48. The third-order valence-corrected chi connectivity index (χ3v) is 4.89. The zero-order chi connectivity index (χ0) is 17.7. The van der Waals surface area contributed by atoms with Crippen molar-refractivity contribution in [3.05, 3.63) is 28.8 Å². The van der Waals surface area contributed by atoms with E-state index >= 15 is 0 Å². The first-order valence-corrected chi connectivity index (χ1v) is 9.08. The molecular weight excluding hydrogens is 300 g/mol. The summed E-state index contributed by atoms with van der Waals surface area (Å²) in [5.74, 6) is 0.326. The Labute approximate surface area is 145 Å². The monoisotopic (exact) mass is 330 g/mol. The summed E-state index contributed by atoms with van der Waals surface area (Å²) in [5.41, 5.74) is 4.36. The van der Waals surface area contributed by atoms with Crippen molar-refractivity contribution in [3.63, 3.8) is 0 Å². The summed E-state index contributed by atoms with van der Waals surface area (Å²) in [4.78, 5) is 26.6. The van der Waals surface area contributed by atoms with Crippen LogP contribution in [0.3, 0.4) is 0 Å². The first kappa shape index (κ1) is 18.5. The van der Waals surface area contributed by atoms with E-state index in [9.17, 15) is 9.59 Å². The average molecular weight is 330 g/mol. The Bertz CT molecular complexity index is 579. The number of unbranched alkanes of at least 4 members (excludes halogenated alkanes) is 1. The fraction of sp³-hybridized carbons (Fsp3) is 0.600. The van der Waals surface area contributed by atoms with Crippen molar-refractivity contribution in [1.29, 1.82) is 0 Å². The second-order valence-electron chi connectivity index (χ2n) is 7.02. The van der Waals surface area contributed by atoms with Gasteiger partial charge in [-0.25, -0.2) is 0 Å². The van der Waals surface area contributed by atoms with Crippen molar-refractivity contribution < 1.29 is 9.59 Å². The molecule has 4 heteroatoms. The molecule has 1 aliphatic heterocycles. The molecule has 1 saturated heterocycles. The molecule has 1 aromatic rings. The van der Waals surface area contributed by atoms with Gasteiger partial charge in [0, 0.05) is 31.1 Å². The van der Waals surface area contributed by atoms with Crippen LogP contribution in [-0.2, 0) is 9.59 Å². The highest BCUT2D eigenvalue weighted by atomic mass is 16.2. The molecule has 132 valence electrons. The van der Waals surface area contributed by atoms with Crippen LogP contribution in [-0.4, -0.2) is 29.8 Å². The summed E-state index contributed by atoms with van der Waals surface area (Å²) in [6.45, 7) is 9.63. The van der Waals surface area contributed by atoms with Crippen molar-refractivity contribution in [2.24, 2.45) is 5.92 Å². The Morgan fingerprint density at radius 1 is 1.12 bits per heavy atom. The van der Waals surface area contributed by atoms with Crippen molar-refractivity contribution >= 4 is 17.5 Å². The molecule has 1 aromatic carbocycles. The van der Waals surface area contributed by atoms with Gasteiger partial charge < -0.3 is 10.2 Å². The first-order chi connectivity index (χ1) is 11.4. The average Bonchev–Trinajstić information content (AvgIpc) is 2.55. The predicted molar refractivity (Wildman–Crippen MR) is 98.1 cm³/mol. The molecule has 24 heavy (non-hydrogen) atoms. The minimum absolute atomic E-state index is 0.000304. The van der Waals surface area contributed by atoms with Crippen LogP contribution in [0.4, 0.5) is 5.69 Å². The van der Waals surface area contributed by atoms with Crippen LogP contribution < -0.4 is 5.32 Å². The maximum absolute atomic E-state index is 12.6. The standard InChI is InChI=1S/C20H30N2O2/c1-5-6-7-18(23)22-10-8-17(9-11-22)20(24)21-19-15(3)12-14(2)13-16(19)4/h12-13,17H,5-11H2,1-4H3,(H,21,24). The van der Waals surface area contributed by atoms with E-state index in [1.54, 1.807) is 0 Å². The van der Waals surface area contributed by atoms with Gasteiger partial charge in [-0.05, 0) is 51.2 Å². The summed E-state index contributed by atoms with van der Waals surface area (Å²) in [6.07, 6.45) is 4.14. The Balaban J connectivity index is 1.91. The molecule has 0 bridgehead atoms. The number of rotatable bonds is 5. The minimum atomic E-state index is 0.000304. The van der Waals surface area contributed by atoms with Crippen LogP contribution in [0.2, 0.25) is 0 Å². The highest BCUT2D eigenvalue weighted by molar-refractivity contribution is 5.94. The number of carbonyl (C=O) groups is 2. The van der Waals surface area contributed by atoms with E-state index in [1.165, 1.54) is 5.56 Å². The van der Waals surface area contributed by atoms with E-state index in [0.717, 1.165) is 42.5 Å². The lowest BCUT2D eigenvalue weighted by atomic mass is 9.95. The summed E-state index contributed by atoms with van der Waals surface area (Å²) in [6, 6.07) is 4.19. The quantitative estimate of drug-likeness (QED) is 0.888. The van der Waals surface area contributed by atoms with Gasteiger partial charge in [0.1, 0.15) is 0 Å². The van der Waals surface area contributed by atoms with Crippen molar-refractivity contribution in [2.75, 3.05) is 18.4 Å². The van der Waals surface area contributed by atoms with E-state index in [1.807, 2.05) is 18.7 Å². The molecule has 2 rings (SSSR count). The van der Waals surface area contributed by atoms with Gasteiger partial charge in [-0.3, -0.25) is 9.59 Å². The van der Waals surface area contributed by atoms with Crippen molar-refractivity contribution in [3.8, 4) is 0 Å². The Morgan fingerprint density at radius 3 is 2.25 bits per heavy atom. The van der Waals surface area contributed by atoms with Gasteiger partial charge in [0.25, 0.3) is 0 Å². The summed E-state index contributed by atoms with van der Waals surface area (Å²) < 4.78 is 0. The van der Waals surface area contributed by atoms with Gasteiger partial charge in [0.15, 0.2) is 0 Å². The number of nitrogens with one attached hydrogen (secondary N) is 1. The lowest BCUT2D eigenvalue weighted by Crippen LogP contribution is -2.41. The molecule has 0 unspecified atom stereocenters. The molecule has 4 nitrogen and oxygen atoms in total. The van der Waals surface area contributed by atoms with E-state index in [0.29, 0.717) is 19.5 Å². The molecule has 0 saturated carbocycles. The largest absolute Gasteiger partial charge is 0.343 e. The number of likely N-dealkylation sites (tertiary alicyclic amines) is 1. The van der Waals surface area contributed by atoms with Gasteiger partial charge in [-0.1, -0.05) is 31.0 Å². The molecule has 1 N–H and O–H groups in total. The number of hydrogen-bond acceptors (Lipinski definition) is 2. The van der Waals surface area contributed by atoms with Crippen molar-refractivity contribution in [2.45, 2.75) is 59.8 Å². The number of anilines is 1. The number of amides is 2. The Hall–Kier alpha value is -1.84. The maximum Gasteiger partial charge on any atom is 0.227 e. The maximum atomic E-state index is 12.6. The van der Waals surface area contributed by atoms with Crippen LogP contribution in [0.1, 0.15) is 55.7 Å². The highest BCUT2D eigenvalue weighted by Gasteiger charge is 2.27. The van der Waals surface area contributed by atoms with E-state index in [-0.39, 0.29) is 17.7 Å². The second kappa shape index (κ2) is 8.32. The molecule has 0 atom stereocenters. The van der Waals surface area contributed by atoms with Crippen LogP contribution in [0, 0.1) is 26.7 Å². The SMILES string of the molecule is CCCCC(=O)N1CCC(C(=O)Nc2c(C)cc(C)cc2C)CC1. The van der Waals surface area contributed by atoms with Crippen LogP contribution in [0.5, 0.6) is 0 Å². The second-order valence-corrected chi connectivity index (χ2v) is 7.02. The van der Waals surface area contributed by atoms with Gasteiger partial charge in [-0.15, -0.1) is 0 Å². The summed E-state index contributed by atoms with van der Waals surface area (Å²) in [7, 11) is 0. The van der Waals surface area contributed by atoms with Crippen LogP contribution in [0.15, 0.2) is 12.1 Å². The fourth-order valence-corrected chi connectivity index (χ4v) is 3.48. The molecule has 1 heterocycles. The van der Waals surface area contributed by atoms with Crippen molar-refractivity contribution in [1.82, 2.24) is 4.90 Å². The van der Waals surface area contributed by atoms with Gasteiger partial charge in [0.05, 0.1) is 0 Å². The first-order valence-electron chi connectivity index (χ1n) is 9.08. The van der Waals surface area contributed by atoms with E-state index < -0.39 is 0 Å². The third kappa shape index (κ3) is 4.59. The number of carbonyl (C=O) groups excluding carboxylic acids is 2. The molecule has 0 aliphatic carbocycles. The summed E-state index contributed by atoms with van der Waals surface area (Å²) in [5, 5.41) is 3.11. The molecule has 1 fully saturated rings. The highest BCUT2D eigenvalue weighted by Crippen LogP contribution is 2.25. The molecule has 0 spiro atoms. The normalized spacial score (nSPS) is 15.4. The minimum Gasteiger partial charge on any atom is -0.343 e. The molecule has 0 radical (unpaired) electrons. The molecular formula is C20H30N2O2. The zero-order valence-electron chi connectivity index (χ0n) is 15.4. The molecule has 2 amide bonds. The van der Waals surface area contributed by atoms with Gasteiger partial charge >= 0.3 is 0 Å². The number of piperidine rings is 1. The number of hydrogen-bond donors (Lipinski definition) is 1. The van der Waals surface area contributed by atoms with Gasteiger partial charge in [0.2, 0.25) is 11.8 Å². The van der Waals surface area contributed by atoms with Crippen LogP contribution in [0.25, 0.3) is 0 Å². The number of nitrogens with zero attached hydrogens (tertiary/aromatic N) is 1. The number of benzene rings is 1. The van der Waals surface area contributed by atoms with Crippen LogP contribution >= 0.6 is 0 Å². The topological polar surface area (TPSA) is 49.4 Å². The lowest BCUT2D eigenvalue weighted by Gasteiger charge is -2.31. The molecule has 1 aliphatic rings. The Kier molecular flexibility index (Phi) is 6.41. The summed E-state index contributed by atoms with van der Waals surface area (Å²) >= 11 is 0. The van der Waals surface area contributed by atoms with E-state index in [4.69, 9.17) is 0 Å². The smallest absolute Gasteiger partial charge is 0.227 e. The van der Waals surface area contributed by atoms with E-state index in [2.05, 4.69) is 31.3 Å². The van der Waals surface area contributed by atoms with Gasteiger partial charge in [-0.2, -0.15) is 0 Å². The lowest BCUT2D eigenvalue weighted by molar-refractivity contribution is -0.134. The Morgan fingerprint density at radius 2 is 1.71 bits per heavy atom.